The topological polar surface area (TPSA) is 78.5 Å². The van der Waals surface area contributed by atoms with Gasteiger partial charge in [0.25, 0.3) is 0 Å². The smallest absolute Gasteiger partial charge is 0.156 e. The molecule has 1 saturated heterocycles. The Morgan fingerprint density at radius 3 is 3.03 bits per heavy atom. The van der Waals surface area contributed by atoms with E-state index in [1.54, 1.807) is 13.4 Å². The summed E-state index contributed by atoms with van der Waals surface area (Å²) in [6.07, 6.45) is 12.9. The van der Waals surface area contributed by atoms with Crippen LogP contribution in [0.4, 0.5) is 5.82 Å². The Hall–Kier alpha value is -3.00. The van der Waals surface area contributed by atoms with Gasteiger partial charge in [0.2, 0.25) is 0 Å². The van der Waals surface area contributed by atoms with Crippen LogP contribution in [-0.4, -0.2) is 77.2 Å². The fourth-order valence-electron chi connectivity index (χ4n) is 5.27. The highest BCUT2D eigenvalue weighted by Gasteiger charge is 2.28. The van der Waals surface area contributed by atoms with E-state index in [-0.39, 0.29) is 6.04 Å². The Bertz CT molecular complexity index is 1070. The molecule has 2 bridgehead atoms. The lowest BCUT2D eigenvalue weighted by Gasteiger charge is -2.32. The summed E-state index contributed by atoms with van der Waals surface area (Å²) < 4.78 is 11.9. The molecule has 4 heterocycles. The largest absolute Gasteiger partial charge is 0.493 e. The maximum absolute atomic E-state index is 6.29. The number of ether oxygens (including phenoxy) is 2. The molecule has 176 valence electrons. The van der Waals surface area contributed by atoms with E-state index in [4.69, 9.17) is 9.47 Å². The maximum Gasteiger partial charge on any atom is 0.156 e. The van der Waals surface area contributed by atoms with Crippen LogP contribution in [0.1, 0.15) is 31.2 Å². The number of likely N-dealkylation sites (N-methyl/N-ethyl adjacent to an activating group) is 1. The predicted molar refractivity (Wildman–Crippen MR) is 130 cm³/mol. The van der Waals surface area contributed by atoms with Crippen LogP contribution in [0.15, 0.2) is 48.5 Å². The normalized spacial score (nSPS) is 24.9. The summed E-state index contributed by atoms with van der Waals surface area (Å²) in [5, 5.41) is 4.69. The second-order valence-corrected chi connectivity index (χ2v) is 9.28. The van der Waals surface area contributed by atoms with Crippen LogP contribution < -0.4 is 5.32 Å². The van der Waals surface area contributed by atoms with Crippen LogP contribution >= 0.6 is 0 Å². The lowest BCUT2D eigenvalue weighted by Crippen LogP contribution is -2.39. The van der Waals surface area contributed by atoms with E-state index in [1.807, 2.05) is 6.08 Å². The van der Waals surface area contributed by atoms with Crippen LogP contribution in [0.5, 0.6) is 0 Å². The molecule has 1 aliphatic carbocycles. The van der Waals surface area contributed by atoms with Gasteiger partial charge in [-0.25, -0.2) is 9.97 Å². The number of aryl methyl sites for hydroxylation is 1. The third-order valence-corrected chi connectivity index (χ3v) is 6.96. The fraction of sp³-hybridized carbons (Fsp3) is 0.520. The number of allylic oxidation sites excluding steroid dienone is 1. The van der Waals surface area contributed by atoms with Gasteiger partial charge in [0, 0.05) is 37.4 Å². The molecule has 8 heteroatoms. The summed E-state index contributed by atoms with van der Waals surface area (Å²) in [5.74, 6) is 2.47. The minimum absolute atomic E-state index is 0.0503. The monoisotopic (exact) mass is 450 g/mol. The Balaban J connectivity index is 1.45. The zero-order valence-electron chi connectivity index (χ0n) is 19.6. The molecule has 1 fully saturated rings. The van der Waals surface area contributed by atoms with E-state index in [0.29, 0.717) is 19.1 Å². The number of aromatic nitrogens is 3. The van der Waals surface area contributed by atoms with E-state index in [1.165, 1.54) is 18.4 Å². The van der Waals surface area contributed by atoms with Gasteiger partial charge in [-0.1, -0.05) is 12.7 Å². The minimum atomic E-state index is 0.0503. The minimum Gasteiger partial charge on any atom is -0.493 e. The zero-order valence-corrected chi connectivity index (χ0v) is 19.6. The van der Waals surface area contributed by atoms with Gasteiger partial charge >= 0.3 is 0 Å². The lowest BCUT2D eigenvalue weighted by molar-refractivity contribution is 0.153. The molecular formula is C25H34N6O2. The molecule has 2 N–H and O–H groups in total. The van der Waals surface area contributed by atoms with Crippen LogP contribution in [0, 0.1) is 0 Å². The molecule has 2 aliphatic heterocycles. The number of aromatic amines is 1. The molecule has 8 nitrogen and oxygen atoms in total. The molecule has 5 rings (SSSR count). The van der Waals surface area contributed by atoms with Crippen molar-refractivity contribution in [3.05, 3.63) is 54.0 Å². The number of H-pyrrole nitrogens is 1. The van der Waals surface area contributed by atoms with Crippen molar-refractivity contribution in [2.24, 2.45) is 0 Å². The molecule has 0 amide bonds. The van der Waals surface area contributed by atoms with Crippen LogP contribution in [0.3, 0.4) is 0 Å². The van der Waals surface area contributed by atoms with Gasteiger partial charge < -0.3 is 29.6 Å². The number of methoxy groups -OCH3 is 1. The summed E-state index contributed by atoms with van der Waals surface area (Å²) in [4.78, 5) is 17.2. The summed E-state index contributed by atoms with van der Waals surface area (Å²) in [6.45, 7) is 7.98. The van der Waals surface area contributed by atoms with Crippen molar-refractivity contribution in [3.8, 4) is 0 Å². The van der Waals surface area contributed by atoms with E-state index >= 15 is 0 Å². The summed E-state index contributed by atoms with van der Waals surface area (Å²) >= 11 is 0. The molecule has 0 saturated carbocycles. The quantitative estimate of drug-likeness (QED) is 0.689. The first-order chi connectivity index (χ1) is 16.1. The first-order valence-electron chi connectivity index (χ1n) is 11.9. The number of hydrogen-bond donors (Lipinski definition) is 2. The molecule has 1 unspecified atom stereocenters. The van der Waals surface area contributed by atoms with E-state index in [2.05, 4.69) is 56.0 Å². The molecule has 0 aromatic carbocycles. The third kappa shape index (κ3) is 4.57. The fourth-order valence-corrected chi connectivity index (χ4v) is 5.27. The van der Waals surface area contributed by atoms with E-state index < -0.39 is 0 Å². The van der Waals surface area contributed by atoms with E-state index in [9.17, 15) is 0 Å². The van der Waals surface area contributed by atoms with Crippen molar-refractivity contribution >= 4 is 16.9 Å². The van der Waals surface area contributed by atoms with Gasteiger partial charge in [0.1, 0.15) is 30.2 Å². The van der Waals surface area contributed by atoms with Crippen LogP contribution in [0.2, 0.25) is 0 Å². The molecular weight excluding hydrogens is 416 g/mol. The van der Waals surface area contributed by atoms with Crippen molar-refractivity contribution in [2.45, 2.75) is 44.2 Å². The zero-order chi connectivity index (χ0) is 22.8. The summed E-state index contributed by atoms with van der Waals surface area (Å²) in [5.41, 5.74) is 3.17. The van der Waals surface area contributed by atoms with E-state index in [0.717, 1.165) is 66.5 Å². The molecule has 2 aromatic rings. The Labute approximate surface area is 195 Å². The number of nitrogens with one attached hydrogen (secondary N) is 2. The molecule has 3 aliphatic rings. The van der Waals surface area contributed by atoms with Gasteiger partial charge in [-0.15, -0.1) is 0 Å². The highest BCUT2D eigenvalue weighted by atomic mass is 16.5. The number of anilines is 1. The van der Waals surface area contributed by atoms with Gasteiger partial charge in [-0.05, 0) is 50.9 Å². The average Bonchev–Trinajstić information content (AvgIpc) is 3.45. The molecule has 2 aromatic heterocycles. The predicted octanol–water partition coefficient (Wildman–Crippen LogP) is 3.43. The first-order valence-corrected chi connectivity index (χ1v) is 11.9. The molecule has 2 atom stereocenters. The number of nitrogens with zero attached hydrogens (tertiary/aromatic N) is 4. The number of rotatable bonds is 1. The molecule has 33 heavy (non-hydrogen) atoms. The standard InChI is InChI=1S/C25H34N6O2/c1-17-15-33-22-12-19(8-9-21(22)32-3)29-25-23-18(13-26-24(23)27-16-28-25)6-4-10-30(2)14-20-7-5-11-31(17)20/h8-9,13,16,19-20H,1,4-7,10-12,14-15H2,2-3H3,(H2,26,27,28,29)/t19?,20-/m0/s1. The third-order valence-electron chi connectivity index (χ3n) is 6.96. The lowest BCUT2D eigenvalue weighted by atomic mass is 10.0. The van der Waals surface area contributed by atoms with Crippen molar-refractivity contribution < 1.29 is 9.47 Å². The van der Waals surface area contributed by atoms with Crippen molar-refractivity contribution in [2.75, 3.05) is 45.7 Å². The first kappa shape index (κ1) is 21.8. The summed E-state index contributed by atoms with van der Waals surface area (Å²) in [7, 11) is 3.91. The summed E-state index contributed by atoms with van der Waals surface area (Å²) in [6, 6.07) is 0.542. The van der Waals surface area contributed by atoms with Crippen molar-refractivity contribution in [1.29, 1.82) is 0 Å². The van der Waals surface area contributed by atoms with Crippen LogP contribution in [-0.2, 0) is 15.9 Å². The Morgan fingerprint density at radius 1 is 1.24 bits per heavy atom. The van der Waals surface area contributed by atoms with Gasteiger partial charge in [-0.2, -0.15) is 0 Å². The second kappa shape index (κ2) is 9.47. The van der Waals surface area contributed by atoms with Gasteiger partial charge in [-0.3, -0.25) is 0 Å². The van der Waals surface area contributed by atoms with Crippen molar-refractivity contribution in [1.82, 2.24) is 24.8 Å². The SMILES string of the molecule is C=C1COC2=C(OC)C=CC(C2)Nc2ncnc3[nH]cc(c23)CCCN(C)C[C@@H]2CCCN12. The Morgan fingerprint density at radius 2 is 2.15 bits per heavy atom. The number of fused-ring (bicyclic) bond motifs is 3. The number of hydrogen-bond acceptors (Lipinski definition) is 7. The Kier molecular flexibility index (Phi) is 6.26. The van der Waals surface area contributed by atoms with Gasteiger partial charge in [0.15, 0.2) is 5.76 Å². The maximum atomic E-state index is 6.29. The van der Waals surface area contributed by atoms with Crippen molar-refractivity contribution in [3.63, 3.8) is 0 Å². The average molecular weight is 451 g/mol. The highest BCUT2D eigenvalue weighted by Crippen LogP contribution is 2.30. The highest BCUT2D eigenvalue weighted by molar-refractivity contribution is 5.90. The van der Waals surface area contributed by atoms with Gasteiger partial charge in [0.05, 0.1) is 18.5 Å². The second-order valence-electron chi connectivity index (χ2n) is 9.28. The molecule has 0 spiro atoms. The molecule has 0 radical (unpaired) electrons. The van der Waals surface area contributed by atoms with Crippen LogP contribution in [0.25, 0.3) is 11.0 Å².